The molecular weight excluding hydrogens is 306 g/mol. The zero-order valence-corrected chi connectivity index (χ0v) is 12.5. The van der Waals surface area contributed by atoms with Crippen LogP contribution in [0.1, 0.15) is 23.0 Å². The zero-order valence-electron chi connectivity index (χ0n) is 10.9. The highest BCUT2D eigenvalue weighted by molar-refractivity contribution is 9.10. The SMILES string of the molecule is CCn1cc(N)cc1C(=O)Nc1ccc(Br)c(C)c1. The largest absolute Gasteiger partial charge is 0.397 e. The van der Waals surface area contributed by atoms with E-state index in [2.05, 4.69) is 21.2 Å². The standard InChI is InChI=1S/C14H16BrN3O/c1-3-18-8-10(16)7-13(18)14(19)17-11-4-5-12(15)9(2)6-11/h4-8H,3,16H2,1-2H3,(H,17,19). The number of amides is 1. The minimum absolute atomic E-state index is 0.153. The van der Waals surface area contributed by atoms with Crippen LogP contribution in [0.5, 0.6) is 0 Å². The van der Waals surface area contributed by atoms with Gasteiger partial charge in [-0.05, 0) is 43.7 Å². The molecule has 1 aromatic heterocycles. The van der Waals surface area contributed by atoms with E-state index in [0.717, 1.165) is 15.7 Å². The summed E-state index contributed by atoms with van der Waals surface area (Å²) in [5, 5.41) is 2.88. The highest BCUT2D eigenvalue weighted by Crippen LogP contribution is 2.21. The number of anilines is 2. The Kier molecular flexibility index (Phi) is 3.95. The Labute approximate surface area is 120 Å². The van der Waals surface area contributed by atoms with E-state index in [4.69, 9.17) is 5.73 Å². The van der Waals surface area contributed by atoms with Crippen LogP contribution < -0.4 is 11.1 Å². The van der Waals surface area contributed by atoms with Crippen molar-refractivity contribution in [3.05, 3.63) is 46.2 Å². The monoisotopic (exact) mass is 321 g/mol. The molecule has 2 rings (SSSR count). The summed E-state index contributed by atoms with van der Waals surface area (Å²) in [6, 6.07) is 7.38. The molecule has 0 fully saturated rings. The Bertz CT molecular complexity index is 619. The lowest BCUT2D eigenvalue weighted by molar-refractivity contribution is 0.101. The van der Waals surface area contributed by atoms with Gasteiger partial charge in [-0.25, -0.2) is 0 Å². The van der Waals surface area contributed by atoms with Gasteiger partial charge in [0.25, 0.3) is 5.91 Å². The maximum Gasteiger partial charge on any atom is 0.272 e. The quantitative estimate of drug-likeness (QED) is 0.910. The van der Waals surface area contributed by atoms with Crippen molar-refractivity contribution in [1.82, 2.24) is 4.57 Å². The van der Waals surface area contributed by atoms with Gasteiger partial charge in [-0.3, -0.25) is 4.79 Å². The number of halogens is 1. The van der Waals surface area contributed by atoms with Gasteiger partial charge in [-0.2, -0.15) is 0 Å². The third-order valence-corrected chi connectivity index (χ3v) is 3.80. The summed E-state index contributed by atoms with van der Waals surface area (Å²) in [6.45, 7) is 4.66. The summed E-state index contributed by atoms with van der Waals surface area (Å²) >= 11 is 3.43. The number of carbonyl (C=O) groups is 1. The summed E-state index contributed by atoms with van der Waals surface area (Å²) in [4.78, 5) is 12.2. The Morgan fingerprint density at radius 2 is 2.16 bits per heavy atom. The molecule has 0 bridgehead atoms. The number of nitrogens with two attached hydrogens (primary N) is 1. The van der Waals surface area contributed by atoms with Crippen molar-refractivity contribution in [1.29, 1.82) is 0 Å². The average molecular weight is 322 g/mol. The summed E-state index contributed by atoms with van der Waals surface area (Å²) in [7, 11) is 0. The lowest BCUT2D eigenvalue weighted by Crippen LogP contribution is -2.16. The molecule has 0 aliphatic rings. The number of nitrogen functional groups attached to an aromatic ring is 1. The molecule has 1 heterocycles. The highest BCUT2D eigenvalue weighted by Gasteiger charge is 2.12. The topological polar surface area (TPSA) is 60.0 Å². The molecule has 2 aromatic rings. The first-order valence-electron chi connectivity index (χ1n) is 6.04. The second-order valence-electron chi connectivity index (χ2n) is 4.36. The first-order valence-corrected chi connectivity index (χ1v) is 6.83. The fourth-order valence-electron chi connectivity index (χ4n) is 1.90. The van der Waals surface area contributed by atoms with E-state index in [1.165, 1.54) is 0 Å². The predicted octanol–water partition coefficient (Wildman–Crippen LogP) is 3.41. The first-order chi connectivity index (χ1) is 9.01. The molecule has 0 spiro atoms. The van der Waals surface area contributed by atoms with E-state index in [0.29, 0.717) is 17.9 Å². The minimum Gasteiger partial charge on any atom is -0.397 e. The van der Waals surface area contributed by atoms with E-state index in [-0.39, 0.29) is 5.91 Å². The van der Waals surface area contributed by atoms with Crippen LogP contribution in [0.3, 0.4) is 0 Å². The highest BCUT2D eigenvalue weighted by atomic mass is 79.9. The van der Waals surface area contributed by atoms with Crippen LogP contribution in [-0.4, -0.2) is 10.5 Å². The van der Waals surface area contributed by atoms with Crippen molar-refractivity contribution in [2.75, 3.05) is 11.1 Å². The summed E-state index contributed by atoms with van der Waals surface area (Å²) in [6.07, 6.45) is 1.77. The summed E-state index contributed by atoms with van der Waals surface area (Å²) in [5.41, 5.74) is 8.73. The second kappa shape index (κ2) is 5.48. The first kappa shape index (κ1) is 13.7. The molecule has 0 aliphatic heterocycles. The molecular formula is C14H16BrN3O. The molecule has 0 unspecified atom stereocenters. The van der Waals surface area contributed by atoms with Crippen LogP contribution in [0.2, 0.25) is 0 Å². The van der Waals surface area contributed by atoms with Crippen molar-refractivity contribution < 1.29 is 4.79 Å². The maximum atomic E-state index is 12.2. The number of rotatable bonds is 3. The van der Waals surface area contributed by atoms with Crippen LogP contribution in [0.4, 0.5) is 11.4 Å². The lowest BCUT2D eigenvalue weighted by Gasteiger charge is -2.09. The third kappa shape index (κ3) is 2.98. The van der Waals surface area contributed by atoms with E-state index in [1.807, 2.05) is 36.6 Å². The zero-order chi connectivity index (χ0) is 14.0. The number of hydrogen-bond acceptors (Lipinski definition) is 2. The number of benzene rings is 1. The van der Waals surface area contributed by atoms with E-state index in [1.54, 1.807) is 12.3 Å². The van der Waals surface area contributed by atoms with Crippen molar-refractivity contribution in [2.24, 2.45) is 0 Å². The van der Waals surface area contributed by atoms with Gasteiger partial charge in [0.1, 0.15) is 5.69 Å². The number of aromatic nitrogens is 1. The molecule has 4 nitrogen and oxygen atoms in total. The average Bonchev–Trinajstić information content (AvgIpc) is 2.75. The number of hydrogen-bond donors (Lipinski definition) is 2. The van der Waals surface area contributed by atoms with Crippen molar-refractivity contribution in [2.45, 2.75) is 20.4 Å². The van der Waals surface area contributed by atoms with Crippen molar-refractivity contribution in [3.8, 4) is 0 Å². The summed E-state index contributed by atoms with van der Waals surface area (Å²) in [5.74, 6) is -0.153. The Balaban J connectivity index is 2.22. The van der Waals surface area contributed by atoms with Crippen molar-refractivity contribution in [3.63, 3.8) is 0 Å². The molecule has 0 radical (unpaired) electrons. The number of carbonyl (C=O) groups excluding carboxylic acids is 1. The van der Waals surface area contributed by atoms with E-state index < -0.39 is 0 Å². The Morgan fingerprint density at radius 1 is 1.42 bits per heavy atom. The normalized spacial score (nSPS) is 10.5. The maximum absolute atomic E-state index is 12.2. The van der Waals surface area contributed by atoms with Gasteiger partial charge < -0.3 is 15.6 Å². The van der Waals surface area contributed by atoms with Crippen LogP contribution in [0.25, 0.3) is 0 Å². The fourth-order valence-corrected chi connectivity index (χ4v) is 2.15. The molecule has 100 valence electrons. The molecule has 0 saturated carbocycles. The molecule has 19 heavy (non-hydrogen) atoms. The molecule has 0 atom stereocenters. The van der Waals surface area contributed by atoms with Gasteiger partial charge in [-0.1, -0.05) is 15.9 Å². The van der Waals surface area contributed by atoms with E-state index in [9.17, 15) is 4.79 Å². The number of nitrogens with zero attached hydrogens (tertiary/aromatic N) is 1. The Hall–Kier alpha value is -1.75. The van der Waals surface area contributed by atoms with Gasteiger partial charge in [-0.15, -0.1) is 0 Å². The molecule has 0 aliphatic carbocycles. The molecule has 0 saturated heterocycles. The fraction of sp³-hybridized carbons (Fsp3) is 0.214. The van der Waals surface area contributed by atoms with Crippen LogP contribution >= 0.6 is 15.9 Å². The number of nitrogens with one attached hydrogen (secondary N) is 1. The minimum atomic E-state index is -0.153. The molecule has 3 N–H and O–H groups in total. The van der Waals surface area contributed by atoms with Gasteiger partial charge in [0.2, 0.25) is 0 Å². The smallest absolute Gasteiger partial charge is 0.272 e. The van der Waals surface area contributed by atoms with Crippen LogP contribution in [0, 0.1) is 6.92 Å². The van der Waals surface area contributed by atoms with Crippen molar-refractivity contribution >= 4 is 33.2 Å². The van der Waals surface area contributed by atoms with Crippen LogP contribution in [-0.2, 0) is 6.54 Å². The Morgan fingerprint density at radius 3 is 2.79 bits per heavy atom. The van der Waals surface area contributed by atoms with Gasteiger partial charge in [0.05, 0.1) is 5.69 Å². The lowest BCUT2D eigenvalue weighted by atomic mass is 10.2. The van der Waals surface area contributed by atoms with Gasteiger partial charge in [0.15, 0.2) is 0 Å². The second-order valence-corrected chi connectivity index (χ2v) is 5.22. The van der Waals surface area contributed by atoms with Crippen LogP contribution in [0.15, 0.2) is 34.9 Å². The van der Waals surface area contributed by atoms with Gasteiger partial charge >= 0.3 is 0 Å². The molecule has 5 heteroatoms. The molecule has 1 aromatic carbocycles. The predicted molar refractivity (Wildman–Crippen MR) is 81.4 cm³/mol. The van der Waals surface area contributed by atoms with Gasteiger partial charge in [0, 0.05) is 22.9 Å². The van der Waals surface area contributed by atoms with E-state index >= 15 is 0 Å². The molecule has 1 amide bonds. The third-order valence-electron chi connectivity index (χ3n) is 2.91. The number of aryl methyl sites for hydroxylation is 2. The summed E-state index contributed by atoms with van der Waals surface area (Å²) < 4.78 is 2.85.